The third-order valence-corrected chi connectivity index (χ3v) is 3.07. The van der Waals surface area contributed by atoms with Crippen LogP contribution in [0.1, 0.15) is 32.8 Å². The highest BCUT2D eigenvalue weighted by atomic mass is 16.6. The predicted octanol–water partition coefficient (Wildman–Crippen LogP) is 3.12. The Bertz CT molecular complexity index is 439. The summed E-state index contributed by atoms with van der Waals surface area (Å²) in [6, 6.07) is 10.3. The molecule has 0 spiro atoms. The zero-order valence-corrected chi connectivity index (χ0v) is 12.4. The molecule has 0 bridgehead atoms. The molecule has 0 heterocycles. The van der Waals surface area contributed by atoms with Gasteiger partial charge in [0.25, 0.3) is 0 Å². The summed E-state index contributed by atoms with van der Waals surface area (Å²) < 4.78 is 10.9. The maximum atomic E-state index is 11.6. The van der Waals surface area contributed by atoms with Crippen LogP contribution in [0.25, 0.3) is 0 Å². The van der Waals surface area contributed by atoms with E-state index in [2.05, 4.69) is 5.32 Å². The number of amides is 1. The van der Waals surface area contributed by atoms with E-state index >= 15 is 0 Å². The van der Waals surface area contributed by atoms with Gasteiger partial charge in [0.15, 0.2) is 0 Å². The lowest BCUT2D eigenvalue weighted by Crippen LogP contribution is -2.34. The molecule has 110 valence electrons. The summed E-state index contributed by atoms with van der Waals surface area (Å²) in [7, 11) is 0. The first-order valence-electron chi connectivity index (χ1n) is 7.05. The first-order chi connectivity index (χ1) is 9.44. The van der Waals surface area contributed by atoms with Crippen molar-refractivity contribution in [2.24, 2.45) is 5.92 Å². The normalized spacial score (nSPS) is 21.4. The molecular weight excluding hydrogens is 254 g/mol. The molecule has 1 N–H and O–H groups in total. The summed E-state index contributed by atoms with van der Waals surface area (Å²) in [6.07, 6.45) is 0.627. The molecular formula is C16H23NO3. The van der Waals surface area contributed by atoms with Crippen molar-refractivity contribution < 1.29 is 14.3 Å². The molecule has 4 heteroatoms. The van der Waals surface area contributed by atoms with Gasteiger partial charge in [-0.1, -0.05) is 30.3 Å². The molecule has 20 heavy (non-hydrogen) atoms. The lowest BCUT2D eigenvalue weighted by Gasteiger charge is -2.19. The third-order valence-electron chi connectivity index (χ3n) is 3.07. The second-order valence-corrected chi connectivity index (χ2v) is 6.25. The van der Waals surface area contributed by atoms with Gasteiger partial charge in [0.2, 0.25) is 0 Å². The largest absolute Gasteiger partial charge is 0.444 e. The van der Waals surface area contributed by atoms with Crippen molar-refractivity contribution in [1.29, 1.82) is 0 Å². The van der Waals surface area contributed by atoms with E-state index < -0.39 is 5.60 Å². The van der Waals surface area contributed by atoms with Gasteiger partial charge >= 0.3 is 6.09 Å². The summed E-state index contributed by atoms with van der Waals surface area (Å²) in [4.78, 5) is 11.6. The van der Waals surface area contributed by atoms with Crippen LogP contribution >= 0.6 is 0 Å². The quantitative estimate of drug-likeness (QED) is 0.899. The summed E-state index contributed by atoms with van der Waals surface area (Å²) in [5, 5.41) is 2.87. The first kappa shape index (κ1) is 14.9. The Hall–Kier alpha value is -1.55. The zero-order valence-electron chi connectivity index (χ0n) is 12.4. The van der Waals surface area contributed by atoms with E-state index in [9.17, 15) is 4.79 Å². The van der Waals surface area contributed by atoms with Crippen LogP contribution in [0.15, 0.2) is 30.3 Å². The topological polar surface area (TPSA) is 47.6 Å². The molecule has 4 nitrogen and oxygen atoms in total. The third kappa shape index (κ3) is 5.21. The van der Waals surface area contributed by atoms with E-state index in [1.165, 1.54) is 5.56 Å². The van der Waals surface area contributed by atoms with E-state index in [1.54, 1.807) is 0 Å². The van der Waals surface area contributed by atoms with Crippen LogP contribution in [-0.4, -0.2) is 24.3 Å². The standard InChI is InChI=1S/C16H23NO3/c1-16(2,3)20-15(18)17-14-9-13(14)11-19-10-12-7-5-4-6-8-12/h4-8,13-14H,9-11H2,1-3H3,(H,17,18)/t13-,14+/m1/s1. The smallest absolute Gasteiger partial charge is 0.407 e. The number of carbonyl (C=O) groups excluding carboxylic acids is 1. The van der Waals surface area contributed by atoms with Crippen LogP contribution in [-0.2, 0) is 16.1 Å². The van der Waals surface area contributed by atoms with Crippen LogP contribution < -0.4 is 5.32 Å². The Morgan fingerprint density at radius 1 is 1.30 bits per heavy atom. The molecule has 1 amide bonds. The van der Waals surface area contributed by atoms with Crippen LogP contribution in [0.2, 0.25) is 0 Å². The molecule has 0 aliphatic heterocycles. The minimum absolute atomic E-state index is 0.195. The van der Waals surface area contributed by atoms with Gasteiger partial charge in [0.1, 0.15) is 5.60 Å². The molecule has 0 radical (unpaired) electrons. The highest BCUT2D eigenvalue weighted by Crippen LogP contribution is 2.31. The van der Waals surface area contributed by atoms with Gasteiger partial charge < -0.3 is 14.8 Å². The fourth-order valence-electron chi connectivity index (χ4n) is 1.97. The maximum Gasteiger partial charge on any atom is 0.407 e. The Balaban J connectivity index is 1.60. The highest BCUT2D eigenvalue weighted by Gasteiger charge is 2.39. The second-order valence-electron chi connectivity index (χ2n) is 6.25. The van der Waals surface area contributed by atoms with Crippen LogP contribution in [0.5, 0.6) is 0 Å². The number of hydrogen-bond acceptors (Lipinski definition) is 3. The van der Waals surface area contributed by atoms with E-state index in [0.29, 0.717) is 19.1 Å². The summed E-state index contributed by atoms with van der Waals surface area (Å²) in [5.74, 6) is 0.409. The van der Waals surface area contributed by atoms with Gasteiger partial charge in [-0.25, -0.2) is 4.79 Å². The second kappa shape index (κ2) is 6.27. The molecule has 1 fully saturated rings. The Labute approximate surface area is 120 Å². The van der Waals surface area contributed by atoms with E-state index in [4.69, 9.17) is 9.47 Å². The van der Waals surface area contributed by atoms with E-state index in [1.807, 2.05) is 51.1 Å². The van der Waals surface area contributed by atoms with Crippen LogP contribution in [0.3, 0.4) is 0 Å². The first-order valence-corrected chi connectivity index (χ1v) is 7.05. The number of benzene rings is 1. The summed E-state index contributed by atoms with van der Waals surface area (Å²) in [5.41, 5.74) is 0.725. The molecule has 0 aromatic heterocycles. The van der Waals surface area contributed by atoms with Gasteiger partial charge in [-0.15, -0.1) is 0 Å². The highest BCUT2D eigenvalue weighted by molar-refractivity contribution is 5.68. The van der Waals surface area contributed by atoms with E-state index in [-0.39, 0.29) is 12.1 Å². The van der Waals surface area contributed by atoms with Crippen molar-refractivity contribution in [2.45, 2.75) is 45.4 Å². The molecule has 1 aromatic carbocycles. The predicted molar refractivity (Wildman–Crippen MR) is 77.4 cm³/mol. The number of rotatable bonds is 5. The molecule has 2 rings (SSSR count). The molecule has 1 saturated carbocycles. The minimum atomic E-state index is -0.446. The average molecular weight is 277 g/mol. The lowest BCUT2D eigenvalue weighted by molar-refractivity contribution is 0.0513. The number of hydrogen-bond donors (Lipinski definition) is 1. The fourth-order valence-corrected chi connectivity index (χ4v) is 1.97. The average Bonchev–Trinajstić information content (AvgIpc) is 3.06. The lowest BCUT2D eigenvalue weighted by atomic mass is 10.2. The van der Waals surface area contributed by atoms with Crippen molar-refractivity contribution in [3.05, 3.63) is 35.9 Å². The van der Waals surface area contributed by atoms with Crippen molar-refractivity contribution in [1.82, 2.24) is 5.32 Å². The number of ether oxygens (including phenoxy) is 2. The maximum absolute atomic E-state index is 11.6. The van der Waals surface area contributed by atoms with Crippen LogP contribution in [0, 0.1) is 5.92 Å². The monoisotopic (exact) mass is 277 g/mol. The molecule has 0 saturated heterocycles. The van der Waals surface area contributed by atoms with E-state index in [0.717, 1.165) is 6.42 Å². The molecule has 0 unspecified atom stereocenters. The van der Waals surface area contributed by atoms with Crippen molar-refractivity contribution in [3.8, 4) is 0 Å². The fraction of sp³-hybridized carbons (Fsp3) is 0.562. The van der Waals surface area contributed by atoms with Crippen molar-refractivity contribution >= 4 is 6.09 Å². The Morgan fingerprint density at radius 3 is 2.65 bits per heavy atom. The molecule has 1 aromatic rings. The SMILES string of the molecule is CC(C)(C)OC(=O)N[C@H]1C[C@@H]1COCc1ccccc1. The van der Waals surface area contributed by atoms with Crippen molar-refractivity contribution in [2.75, 3.05) is 6.61 Å². The molecule has 1 aliphatic rings. The molecule has 1 aliphatic carbocycles. The number of nitrogens with one attached hydrogen (secondary N) is 1. The van der Waals surface area contributed by atoms with Crippen LogP contribution in [0.4, 0.5) is 4.79 Å². The van der Waals surface area contributed by atoms with Gasteiger partial charge in [-0.3, -0.25) is 0 Å². The Kier molecular flexibility index (Phi) is 4.65. The number of alkyl carbamates (subject to hydrolysis) is 1. The Morgan fingerprint density at radius 2 is 2.00 bits per heavy atom. The number of carbonyl (C=O) groups is 1. The van der Waals surface area contributed by atoms with Gasteiger partial charge in [0, 0.05) is 12.0 Å². The van der Waals surface area contributed by atoms with Gasteiger partial charge in [-0.05, 0) is 32.8 Å². The minimum Gasteiger partial charge on any atom is -0.444 e. The molecule has 2 atom stereocenters. The van der Waals surface area contributed by atoms with Crippen molar-refractivity contribution in [3.63, 3.8) is 0 Å². The van der Waals surface area contributed by atoms with Gasteiger partial charge in [-0.2, -0.15) is 0 Å². The summed E-state index contributed by atoms with van der Waals surface area (Å²) in [6.45, 7) is 6.88. The van der Waals surface area contributed by atoms with Gasteiger partial charge in [0.05, 0.1) is 13.2 Å². The zero-order chi connectivity index (χ0) is 14.6. The summed E-state index contributed by atoms with van der Waals surface area (Å²) >= 11 is 0.